The van der Waals surface area contributed by atoms with Gasteiger partial charge in [-0.05, 0) is 37.5 Å². The number of phosphoric ester groups is 2. The average molecular weight is 1490 g/mol. The average Bonchev–Trinajstić information content (AvgIpc) is 0.942. The third-order valence-electron chi connectivity index (χ3n) is 19.5. The van der Waals surface area contributed by atoms with Crippen LogP contribution in [-0.2, 0) is 65.4 Å². The summed E-state index contributed by atoms with van der Waals surface area (Å²) in [5.74, 6) is -0.484. The predicted octanol–water partition coefficient (Wildman–Crippen LogP) is 25.1. The van der Waals surface area contributed by atoms with Gasteiger partial charge in [-0.3, -0.25) is 37.3 Å². The van der Waals surface area contributed by atoms with Crippen molar-refractivity contribution in [2.24, 2.45) is 11.8 Å². The third kappa shape index (κ3) is 76.3. The van der Waals surface area contributed by atoms with Crippen LogP contribution in [-0.4, -0.2) is 96.7 Å². The van der Waals surface area contributed by atoms with Gasteiger partial charge in [-0.1, -0.05) is 388 Å². The first kappa shape index (κ1) is 100. The van der Waals surface area contributed by atoms with E-state index in [0.717, 1.165) is 102 Å². The van der Waals surface area contributed by atoms with E-state index in [-0.39, 0.29) is 25.7 Å². The largest absolute Gasteiger partial charge is 0.472 e. The topological polar surface area (TPSA) is 237 Å². The molecular formula is C83H162O17P2. The molecule has 0 amide bonds. The Morgan fingerprint density at radius 1 is 0.265 bits per heavy atom. The van der Waals surface area contributed by atoms with Crippen LogP contribution in [0.4, 0.5) is 0 Å². The first-order valence-corrected chi connectivity index (χ1v) is 46.0. The Balaban J connectivity index is 5.23. The normalized spacial score (nSPS) is 13.9. The first-order chi connectivity index (χ1) is 49.4. The highest BCUT2D eigenvalue weighted by molar-refractivity contribution is 7.47. The van der Waals surface area contributed by atoms with Crippen LogP contribution in [0.15, 0.2) is 0 Å². The number of carbonyl (C=O) groups is 4. The van der Waals surface area contributed by atoms with E-state index in [2.05, 4.69) is 41.5 Å². The molecule has 0 aromatic heterocycles. The second-order valence-corrected chi connectivity index (χ2v) is 33.7. The summed E-state index contributed by atoms with van der Waals surface area (Å²) in [6.45, 7) is 9.71. The molecule has 0 aliphatic rings. The molecular weight excluding hydrogens is 1330 g/mol. The zero-order chi connectivity index (χ0) is 74.9. The van der Waals surface area contributed by atoms with Gasteiger partial charge in [0.15, 0.2) is 12.2 Å². The van der Waals surface area contributed by atoms with Crippen molar-refractivity contribution in [3.05, 3.63) is 0 Å². The molecule has 0 bridgehead atoms. The minimum atomic E-state index is -4.96. The lowest BCUT2D eigenvalue weighted by Crippen LogP contribution is -2.30. The van der Waals surface area contributed by atoms with Crippen LogP contribution in [0.3, 0.4) is 0 Å². The maximum atomic E-state index is 13.1. The van der Waals surface area contributed by atoms with Crippen molar-refractivity contribution < 1.29 is 80.2 Å². The minimum Gasteiger partial charge on any atom is -0.462 e. The molecule has 102 heavy (non-hydrogen) atoms. The van der Waals surface area contributed by atoms with E-state index in [4.69, 9.17) is 37.0 Å². The van der Waals surface area contributed by atoms with E-state index in [9.17, 15) is 43.2 Å². The number of unbranched alkanes of at least 4 members (excludes halogenated alkanes) is 52. The highest BCUT2D eigenvalue weighted by Crippen LogP contribution is 2.45. The Morgan fingerprint density at radius 3 is 0.667 bits per heavy atom. The highest BCUT2D eigenvalue weighted by Gasteiger charge is 2.30. The zero-order valence-electron chi connectivity index (χ0n) is 66.9. The smallest absolute Gasteiger partial charge is 0.462 e. The molecule has 17 nitrogen and oxygen atoms in total. The summed E-state index contributed by atoms with van der Waals surface area (Å²) < 4.78 is 68.8. The number of rotatable bonds is 82. The van der Waals surface area contributed by atoms with Crippen LogP contribution < -0.4 is 0 Å². The van der Waals surface area contributed by atoms with Crippen molar-refractivity contribution >= 4 is 39.5 Å². The van der Waals surface area contributed by atoms with Gasteiger partial charge in [0.05, 0.1) is 26.4 Å². The Bertz CT molecular complexity index is 1960. The molecule has 0 saturated carbocycles. The molecule has 0 saturated heterocycles. The van der Waals surface area contributed by atoms with Crippen molar-refractivity contribution in [1.82, 2.24) is 0 Å². The molecule has 19 heteroatoms. The van der Waals surface area contributed by atoms with Crippen LogP contribution in [0, 0.1) is 11.8 Å². The Kier molecular flexibility index (Phi) is 73.1. The zero-order valence-corrected chi connectivity index (χ0v) is 68.7. The lowest BCUT2D eigenvalue weighted by atomic mass is 10.0. The van der Waals surface area contributed by atoms with E-state index in [0.29, 0.717) is 25.7 Å². The fourth-order valence-electron chi connectivity index (χ4n) is 12.9. The summed E-state index contributed by atoms with van der Waals surface area (Å²) in [6, 6.07) is 0. The number of hydrogen-bond donors (Lipinski definition) is 3. The van der Waals surface area contributed by atoms with Crippen molar-refractivity contribution in [2.75, 3.05) is 39.6 Å². The van der Waals surface area contributed by atoms with Gasteiger partial charge in [-0.15, -0.1) is 0 Å². The molecule has 0 fully saturated rings. The highest BCUT2D eigenvalue weighted by atomic mass is 31.2. The second-order valence-electron chi connectivity index (χ2n) is 30.8. The van der Waals surface area contributed by atoms with Crippen LogP contribution >= 0.6 is 15.6 Å². The molecule has 606 valence electrons. The summed E-state index contributed by atoms with van der Waals surface area (Å²) in [7, 11) is -9.92. The van der Waals surface area contributed by atoms with Crippen LogP contribution in [0.1, 0.15) is 440 Å². The Morgan fingerprint density at radius 2 is 0.451 bits per heavy atom. The number of ether oxygens (including phenoxy) is 4. The first-order valence-electron chi connectivity index (χ1n) is 43.0. The van der Waals surface area contributed by atoms with Gasteiger partial charge in [-0.25, -0.2) is 9.13 Å². The lowest BCUT2D eigenvalue weighted by Gasteiger charge is -2.21. The maximum absolute atomic E-state index is 13.1. The number of aliphatic hydroxyl groups excluding tert-OH is 1. The minimum absolute atomic E-state index is 0.108. The van der Waals surface area contributed by atoms with E-state index in [1.807, 2.05) is 0 Å². The number of carbonyl (C=O) groups excluding carboxylic acids is 4. The van der Waals surface area contributed by atoms with Crippen molar-refractivity contribution in [1.29, 1.82) is 0 Å². The van der Waals surface area contributed by atoms with Gasteiger partial charge in [-0.2, -0.15) is 0 Å². The fraction of sp³-hybridized carbons (Fsp3) is 0.952. The molecule has 5 atom stereocenters. The van der Waals surface area contributed by atoms with Crippen LogP contribution in [0.5, 0.6) is 0 Å². The van der Waals surface area contributed by atoms with E-state index >= 15 is 0 Å². The summed E-state index contributed by atoms with van der Waals surface area (Å²) in [5.41, 5.74) is 0. The van der Waals surface area contributed by atoms with E-state index in [1.165, 1.54) is 257 Å². The molecule has 0 aromatic rings. The molecule has 0 aromatic carbocycles. The van der Waals surface area contributed by atoms with Gasteiger partial charge < -0.3 is 33.8 Å². The molecule has 0 radical (unpaired) electrons. The monoisotopic (exact) mass is 1490 g/mol. The number of hydrogen-bond acceptors (Lipinski definition) is 15. The maximum Gasteiger partial charge on any atom is 0.472 e. The summed E-state index contributed by atoms with van der Waals surface area (Å²) in [6.07, 6.45) is 65.1. The van der Waals surface area contributed by atoms with Crippen LogP contribution in [0.25, 0.3) is 0 Å². The lowest BCUT2D eigenvalue weighted by molar-refractivity contribution is -0.161. The predicted molar refractivity (Wildman–Crippen MR) is 418 cm³/mol. The van der Waals surface area contributed by atoms with Crippen molar-refractivity contribution in [3.8, 4) is 0 Å². The summed E-state index contributed by atoms with van der Waals surface area (Å²) in [4.78, 5) is 73.1. The fourth-order valence-corrected chi connectivity index (χ4v) is 14.5. The standard InChI is InChI=1S/C83H162O17P2/c1-7-9-11-13-15-17-19-35-41-47-53-59-65-80(85)93-71-78(99-82(87)67-61-55-49-43-36-20-18-16-14-12-10-8-2)73-97-101(89,90)95-69-77(84)70-96-102(91,92)98-74-79(72-94-81(86)66-60-54-48-42-37-31-28-27-30-34-40-46-52-58-64-76(5)6)100-83(88)68-62-56-50-44-38-32-26-24-22-21-23-25-29-33-39-45-51-57-63-75(3)4/h75-79,84H,7-74H2,1-6H3,(H,89,90)(H,91,92)/t77-,78+,79+/m0/s1. The van der Waals surface area contributed by atoms with E-state index in [1.54, 1.807) is 0 Å². The van der Waals surface area contributed by atoms with E-state index < -0.39 is 97.5 Å². The second kappa shape index (κ2) is 74.5. The number of aliphatic hydroxyl groups is 1. The molecule has 3 N–H and O–H groups in total. The molecule has 0 spiro atoms. The number of esters is 4. The Hall–Kier alpha value is -1.94. The van der Waals surface area contributed by atoms with Gasteiger partial charge in [0, 0.05) is 25.7 Å². The van der Waals surface area contributed by atoms with Crippen molar-refractivity contribution in [3.63, 3.8) is 0 Å². The van der Waals surface area contributed by atoms with Gasteiger partial charge in [0.1, 0.15) is 19.3 Å². The molecule has 0 aliphatic carbocycles. The van der Waals surface area contributed by atoms with Gasteiger partial charge in [0.2, 0.25) is 0 Å². The summed E-state index contributed by atoms with van der Waals surface area (Å²) >= 11 is 0. The van der Waals surface area contributed by atoms with Gasteiger partial charge >= 0.3 is 39.5 Å². The third-order valence-corrected chi connectivity index (χ3v) is 21.4. The molecule has 0 rings (SSSR count). The molecule has 2 unspecified atom stereocenters. The molecule has 0 aliphatic heterocycles. The Labute approximate surface area is 626 Å². The SMILES string of the molecule is CCCCCCCCCCCCCCC(=O)OC[C@H](COP(=O)(O)OC[C@H](O)COP(=O)(O)OC[C@@H](COC(=O)CCCCCCCCCCCCCCCCC(C)C)OC(=O)CCCCCCCCCCCCCCCCCCCCC(C)C)OC(=O)CCCCCCCCCCCCCC. The van der Waals surface area contributed by atoms with Crippen molar-refractivity contribution in [2.45, 2.75) is 458 Å². The quantitative estimate of drug-likeness (QED) is 0.0222. The van der Waals surface area contributed by atoms with Crippen LogP contribution in [0.2, 0.25) is 0 Å². The number of phosphoric acid groups is 2. The summed E-state index contributed by atoms with van der Waals surface area (Å²) in [5, 5.41) is 10.7. The van der Waals surface area contributed by atoms with Gasteiger partial charge in [0.25, 0.3) is 0 Å². The molecule has 0 heterocycles.